The summed E-state index contributed by atoms with van der Waals surface area (Å²) in [6.45, 7) is 12.7. The molecule has 0 aliphatic carbocycles. The van der Waals surface area contributed by atoms with Crippen LogP contribution in [0.15, 0.2) is 104 Å². The monoisotopic (exact) mass is 732 g/mol. The second kappa shape index (κ2) is 16.4. The number of halogens is 1. The van der Waals surface area contributed by atoms with Crippen LogP contribution in [0.4, 0.5) is 20.8 Å². The van der Waals surface area contributed by atoms with E-state index in [1.165, 1.54) is 6.07 Å². The van der Waals surface area contributed by atoms with Gasteiger partial charge in [0, 0.05) is 49.7 Å². The van der Waals surface area contributed by atoms with Crippen LogP contribution >= 0.6 is 0 Å². The topological polar surface area (TPSA) is 111 Å². The number of pyridine rings is 1. The number of benzene rings is 2. The maximum absolute atomic E-state index is 15.1. The standard InChI is InChI=1S/C42H49FN8O3/c1-28(2)37(34-22-33(43)24-44-39(34)53-29(3)23-45-41(52)54-42(4,5)6)48-38-36(32-19-21-49(7)27-32)40(51-35(47-38)18-20-46-51)50(25-30-14-10-8-11-15-30)26-31-16-12-9-13-17-31/h8-22,24,27-29,37H,23,25-26H2,1-7H3,(H,45,52)(H,47,48)/t29?,37-/m1/s1. The van der Waals surface area contributed by atoms with E-state index in [2.05, 4.69) is 70.9 Å². The van der Waals surface area contributed by atoms with Crippen LogP contribution in [0.1, 0.15) is 64.3 Å². The average molecular weight is 733 g/mol. The summed E-state index contributed by atoms with van der Waals surface area (Å²) in [4.78, 5) is 24.2. The number of alkyl carbamates (subject to hydrolysis) is 1. The zero-order valence-electron chi connectivity index (χ0n) is 32.0. The zero-order chi connectivity index (χ0) is 38.4. The Labute approximate surface area is 316 Å². The van der Waals surface area contributed by atoms with Crippen molar-refractivity contribution < 1.29 is 18.7 Å². The Balaban J connectivity index is 1.44. The smallest absolute Gasteiger partial charge is 0.407 e. The first-order valence-electron chi connectivity index (χ1n) is 18.2. The van der Waals surface area contributed by atoms with Crippen LogP contribution in [0.5, 0.6) is 5.88 Å². The number of aryl methyl sites for hydroxylation is 1. The highest BCUT2D eigenvalue weighted by Crippen LogP contribution is 2.41. The van der Waals surface area contributed by atoms with Gasteiger partial charge >= 0.3 is 6.09 Å². The van der Waals surface area contributed by atoms with Crippen LogP contribution in [0.2, 0.25) is 0 Å². The van der Waals surface area contributed by atoms with Crippen molar-refractivity contribution in [2.45, 2.75) is 72.4 Å². The molecule has 0 spiro atoms. The van der Waals surface area contributed by atoms with Crippen molar-refractivity contribution in [2.75, 3.05) is 16.8 Å². The Morgan fingerprint density at radius 3 is 2.22 bits per heavy atom. The van der Waals surface area contributed by atoms with Gasteiger partial charge in [-0.25, -0.2) is 19.2 Å². The number of amides is 1. The third-order valence-electron chi connectivity index (χ3n) is 8.75. The third kappa shape index (κ3) is 9.35. The maximum Gasteiger partial charge on any atom is 0.407 e. The molecule has 2 N–H and O–H groups in total. The van der Waals surface area contributed by atoms with E-state index in [1.54, 1.807) is 27.0 Å². The van der Waals surface area contributed by atoms with Crippen molar-refractivity contribution in [1.82, 2.24) is 29.5 Å². The Morgan fingerprint density at radius 2 is 1.63 bits per heavy atom. The van der Waals surface area contributed by atoms with Crippen molar-refractivity contribution in [3.63, 3.8) is 0 Å². The Morgan fingerprint density at radius 1 is 0.963 bits per heavy atom. The lowest BCUT2D eigenvalue weighted by Crippen LogP contribution is -2.38. The minimum absolute atomic E-state index is 0.0640. The molecule has 282 valence electrons. The Kier molecular flexibility index (Phi) is 11.5. The predicted molar refractivity (Wildman–Crippen MR) is 210 cm³/mol. The molecule has 6 aromatic rings. The van der Waals surface area contributed by atoms with Gasteiger partial charge in [0.1, 0.15) is 29.2 Å². The van der Waals surface area contributed by atoms with Gasteiger partial charge in [-0.05, 0) is 56.9 Å². The predicted octanol–water partition coefficient (Wildman–Crippen LogP) is 8.58. The molecule has 0 bridgehead atoms. The maximum atomic E-state index is 15.1. The molecule has 0 radical (unpaired) electrons. The van der Waals surface area contributed by atoms with Crippen molar-refractivity contribution >= 4 is 23.4 Å². The van der Waals surface area contributed by atoms with Gasteiger partial charge in [0.05, 0.1) is 30.5 Å². The fourth-order valence-corrected chi connectivity index (χ4v) is 6.34. The first-order valence-corrected chi connectivity index (χ1v) is 18.2. The van der Waals surface area contributed by atoms with Gasteiger partial charge in [0.25, 0.3) is 0 Å². The fraction of sp³-hybridized carbons (Fsp3) is 0.333. The highest BCUT2D eigenvalue weighted by Gasteiger charge is 2.29. The van der Waals surface area contributed by atoms with Crippen molar-refractivity contribution in [3.05, 3.63) is 126 Å². The molecule has 0 saturated carbocycles. The fourth-order valence-electron chi connectivity index (χ4n) is 6.34. The normalized spacial score (nSPS) is 12.8. The van der Waals surface area contributed by atoms with Crippen LogP contribution in [0.3, 0.4) is 0 Å². The lowest BCUT2D eigenvalue weighted by molar-refractivity contribution is 0.0503. The van der Waals surface area contributed by atoms with E-state index >= 15 is 4.39 Å². The number of hydrogen-bond acceptors (Lipinski definition) is 8. The molecule has 2 atom stereocenters. The van der Waals surface area contributed by atoms with E-state index in [1.807, 2.05) is 71.7 Å². The molecule has 1 amide bonds. The number of nitrogens with one attached hydrogen (secondary N) is 2. The van der Waals surface area contributed by atoms with Gasteiger partial charge < -0.3 is 29.6 Å². The molecule has 12 heteroatoms. The molecule has 4 heterocycles. The van der Waals surface area contributed by atoms with Crippen LogP contribution in [0.25, 0.3) is 16.8 Å². The molecule has 0 aliphatic heterocycles. The zero-order valence-corrected chi connectivity index (χ0v) is 32.0. The molecule has 54 heavy (non-hydrogen) atoms. The number of aromatic nitrogens is 5. The van der Waals surface area contributed by atoms with Crippen LogP contribution < -0.4 is 20.3 Å². The molecular formula is C42H49FN8O3. The molecular weight excluding hydrogens is 684 g/mol. The van der Waals surface area contributed by atoms with Gasteiger partial charge in [0.2, 0.25) is 5.88 Å². The number of carbonyl (C=O) groups is 1. The number of fused-ring (bicyclic) bond motifs is 1. The molecule has 0 aliphatic rings. The average Bonchev–Trinajstić information content (AvgIpc) is 3.78. The Hall–Kier alpha value is -5.91. The van der Waals surface area contributed by atoms with Gasteiger partial charge in [-0.2, -0.15) is 9.61 Å². The molecule has 6 rings (SSSR count). The highest BCUT2D eigenvalue weighted by molar-refractivity contribution is 5.87. The summed E-state index contributed by atoms with van der Waals surface area (Å²) in [5.74, 6) is 1.14. The molecule has 0 saturated heterocycles. The van der Waals surface area contributed by atoms with Crippen molar-refractivity contribution in [2.24, 2.45) is 13.0 Å². The van der Waals surface area contributed by atoms with Crippen molar-refractivity contribution in [1.29, 1.82) is 0 Å². The number of carbonyl (C=O) groups excluding carboxylic acids is 1. The minimum atomic E-state index is -0.636. The van der Waals surface area contributed by atoms with Gasteiger partial charge in [-0.15, -0.1) is 0 Å². The van der Waals surface area contributed by atoms with Crippen molar-refractivity contribution in [3.8, 4) is 17.0 Å². The SMILES string of the molecule is CC(CNC(=O)OC(C)(C)C)Oc1ncc(F)cc1[C@H](Nc1nc2ccnn2c(N(Cc2ccccc2)Cc2ccccc2)c1-c1ccn(C)c1)C(C)C. The van der Waals surface area contributed by atoms with Crippen LogP contribution in [0, 0.1) is 11.7 Å². The molecule has 4 aromatic heterocycles. The highest BCUT2D eigenvalue weighted by atomic mass is 19.1. The molecule has 0 fully saturated rings. The second-order valence-corrected chi connectivity index (χ2v) is 14.9. The summed E-state index contributed by atoms with van der Waals surface area (Å²) in [5, 5.41) is 11.3. The quantitative estimate of drug-likeness (QED) is 0.115. The van der Waals surface area contributed by atoms with E-state index < -0.39 is 29.7 Å². The van der Waals surface area contributed by atoms with E-state index in [0.717, 1.165) is 34.3 Å². The number of rotatable bonds is 14. The largest absolute Gasteiger partial charge is 0.473 e. The van der Waals surface area contributed by atoms with Crippen LogP contribution in [-0.4, -0.2) is 48.5 Å². The van der Waals surface area contributed by atoms with E-state index in [4.69, 9.17) is 19.6 Å². The summed E-state index contributed by atoms with van der Waals surface area (Å²) in [5.41, 5.74) is 4.59. The second-order valence-electron chi connectivity index (χ2n) is 14.9. The van der Waals surface area contributed by atoms with Gasteiger partial charge in [-0.3, -0.25) is 0 Å². The lowest BCUT2D eigenvalue weighted by atomic mass is 9.96. The number of hydrogen-bond donors (Lipinski definition) is 2. The van der Waals surface area contributed by atoms with E-state index in [-0.39, 0.29) is 18.3 Å². The van der Waals surface area contributed by atoms with E-state index in [9.17, 15) is 4.79 Å². The van der Waals surface area contributed by atoms with E-state index in [0.29, 0.717) is 30.1 Å². The minimum Gasteiger partial charge on any atom is -0.473 e. The summed E-state index contributed by atoms with van der Waals surface area (Å²) >= 11 is 0. The van der Waals surface area contributed by atoms with Crippen LogP contribution in [-0.2, 0) is 24.9 Å². The van der Waals surface area contributed by atoms with Gasteiger partial charge in [0.15, 0.2) is 5.65 Å². The molecule has 1 unspecified atom stereocenters. The first-order chi connectivity index (χ1) is 25.8. The molecule has 2 aromatic carbocycles. The third-order valence-corrected chi connectivity index (χ3v) is 8.75. The first kappa shape index (κ1) is 37.8. The lowest BCUT2D eigenvalue weighted by Gasteiger charge is -2.31. The summed E-state index contributed by atoms with van der Waals surface area (Å²) in [6.07, 6.45) is 5.91. The summed E-state index contributed by atoms with van der Waals surface area (Å²) < 4.78 is 30.7. The molecule has 11 nitrogen and oxygen atoms in total. The summed E-state index contributed by atoms with van der Waals surface area (Å²) in [7, 11) is 1.99. The number of ether oxygens (including phenoxy) is 2. The number of nitrogens with zero attached hydrogens (tertiary/aromatic N) is 6. The Bertz CT molecular complexity index is 2120. The summed E-state index contributed by atoms with van der Waals surface area (Å²) in [6, 6.07) is 25.6. The van der Waals surface area contributed by atoms with Gasteiger partial charge in [-0.1, -0.05) is 74.5 Å². The number of anilines is 2.